The fourth-order valence-electron chi connectivity index (χ4n) is 2.08. The Morgan fingerprint density at radius 3 is 2.37 bits per heavy atom. The van der Waals surface area contributed by atoms with Gasteiger partial charge in [0.1, 0.15) is 0 Å². The minimum atomic E-state index is 0.861. The average Bonchev–Trinajstić information content (AvgIpc) is 2.45. The maximum Gasteiger partial charge on any atom is 0.0562 e. The molecular weight excluding hydrogens is 234 g/mol. The maximum atomic E-state index is 4.43. The zero-order chi connectivity index (χ0) is 13.9. The topological polar surface area (TPSA) is 28.2 Å². The molecule has 3 nitrogen and oxygen atoms in total. The average molecular weight is 263 g/mol. The van der Waals surface area contributed by atoms with E-state index in [1.807, 2.05) is 6.20 Å². The summed E-state index contributed by atoms with van der Waals surface area (Å²) in [5, 5.41) is 3.34. The molecule has 0 unspecified atom stereocenters. The van der Waals surface area contributed by atoms with E-state index in [9.17, 15) is 0 Å². The molecule has 0 saturated heterocycles. The Hall–Kier alpha value is -1.09. The molecule has 0 aliphatic heterocycles. The van der Waals surface area contributed by atoms with Crippen LogP contribution in [0.2, 0.25) is 0 Å². The van der Waals surface area contributed by atoms with Gasteiger partial charge in [0.2, 0.25) is 0 Å². The largest absolute Gasteiger partial charge is 0.371 e. The lowest BCUT2D eigenvalue weighted by molar-refractivity contribution is 0.674. The first-order valence-corrected chi connectivity index (χ1v) is 7.72. The molecule has 0 bridgehead atoms. The van der Waals surface area contributed by atoms with Crippen LogP contribution in [-0.4, -0.2) is 24.6 Å². The zero-order valence-corrected chi connectivity index (χ0v) is 12.8. The van der Waals surface area contributed by atoms with E-state index in [4.69, 9.17) is 0 Å². The molecule has 1 aromatic heterocycles. The number of pyridine rings is 1. The van der Waals surface area contributed by atoms with Crippen molar-refractivity contribution in [2.75, 3.05) is 24.5 Å². The van der Waals surface area contributed by atoms with Gasteiger partial charge in [-0.3, -0.25) is 4.98 Å². The predicted molar refractivity (Wildman–Crippen MR) is 83.6 cm³/mol. The second kappa shape index (κ2) is 9.79. The number of rotatable bonds is 10. The summed E-state index contributed by atoms with van der Waals surface area (Å²) in [6.07, 6.45) is 6.95. The van der Waals surface area contributed by atoms with Crippen molar-refractivity contribution in [2.24, 2.45) is 0 Å². The molecule has 1 aromatic rings. The standard InChI is InChI=1S/C16H29N3/c1-4-7-11-19(12-8-5-2)16-9-10-18-15(13-16)14-17-6-3/h9-10,13,17H,4-8,11-12,14H2,1-3H3. The number of nitrogens with zero attached hydrogens (tertiary/aromatic N) is 2. The van der Waals surface area contributed by atoms with Gasteiger partial charge in [-0.2, -0.15) is 0 Å². The Morgan fingerprint density at radius 1 is 1.11 bits per heavy atom. The summed E-state index contributed by atoms with van der Waals surface area (Å²) in [5.41, 5.74) is 2.46. The molecule has 0 fully saturated rings. The summed E-state index contributed by atoms with van der Waals surface area (Å²) < 4.78 is 0. The Morgan fingerprint density at radius 2 is 1.79 bits per heavy atom. The van der Waals surface area contributed by atoms with E-state index in [-0.39, 0.29) is 0 Å². The summed E-state index contributed by atoms with van der Waals surface area (Å²) in [6.45, 7) is 10.8. The van der Waals surface area contributed by atoms with Gasteiger partial charge in [-0.25, -0.2) is 0 Å². The Bertz CT molecular complexity index is 331. The molecule has 1 rings (SSSR count). The molecule has 1 heterocycles. The first-order chi connectivity index (χ1) is 9.31. The second-order valence-corrected chi connectivity index (χ2v) is 4.98. The van der Waals surface area contributed by atoms with Crippen molar-refractivity contribution in [1.82, 2.24) is 10.3 Å². The quantitative estimate of drug-likeness (QED) is 0.699. The molecule has 0 amide bonds. The van der Waals surface area contributed by atoms with Gasteiger partial charge in [0.25, 0.3) is 0 Å². The van der Waals surface area contributed by atoms with Crippen LogP contribution in [0.15, 0.2) is 18.3 Å². The van der Waals surface area contributed by atoms with Crippen LogP contribution < -0.4 is 10.2 Å². The van der Waals surface area contributed by atoms with Crippen LogP contribution >= 0.6 is 0 Å². The van der Waals surface area contributed by atoms with Crippen molar-refractivity contribution >= 4 is 5.69 Å². The van der Waals surface area contributed by atoms with E-state index in [1.54, 1.807) is 0 Å². The highest BCUT2D eigenvalue weighted by molar-refractivity contribution is 5.46. The fourth-order valence-corrected chi connectivity index (χ4v) is 2.08. The lowest BCUT2D eigenvalue weighted by atomic mass is 10.2. The monoisotopic (exact) mass is 263 g/mol. The van der Waals surface area contributed by atoms with Crippen LogP contribution in [0.1, 0.15) is 52.1 Å². The zero-order valence-electron chi connectivity index (χ0n) is 12.8. The lowest BCUT2D eigenvalue weighted by Gasteiger charge is -2.25. The van der Waals surface area contributed by atoms with Gasteiger partial charge in [0.15, 0.2) is 0 Å². The second-order valence-electron chi connectivity index (χ2n) is 4.98. The number of hydrogen-bond donors (Lipinski definition) is 1. The molecule has 108 valence electrons. The molecule has 0 radical (unpaired) electrons. The maximum absolute atomic E-state index is 4.43. The Balaban J connectivity index is 2.69. The normalized spacial score (nSPS) is 10.7. The minimum Gasteiger partial charge on any atom is -0.371 e. The third-order valence-electron chi connectivity index (χ3n) is 3.28. The SMILES string of the molecule is CCCCN(CCCC)c1ccnc(CNCC)c1. The molecule has 0 aliphatic carbocycles. The molecule has 0 aromatic carbocycles. The summed E-state index contributed by atoms with van der Waals surface area (Å²) in [7, 11) is 0. The van der Waals surface area contributed by atoms with Gasteiger partial charge in [-0.1, -0.05) is 33.6 Å². The van der Waals surface area contributed by atoms with Gasteiger partial charge >= 0.3 is 0 Å². The molecule has 0 aliphatic rings. The fraction of sp³-hybridized carbons (Fsp3) is 0.688. The van der Waals surface area contributed by atoms with Crippen LogP contribution in [0, 0.1) is 0 Å². The lowest BCUT2D eigenvalue weighted by Crippen LogP contribution is -2.26. The molecule has 19 heavy (non-hydrogen) atoms. The van der Waals surface area contributed by atoms with E-state index in [2.05, 4.69) is 48.1 Å². The van der Waals surface area contributed by atoms with E-state index in [0.717, 1.165) is 31.9 Å². The van der Waals surface area contributed by atoms with Crippen LogP contribution in [0.5, 0.6) is 0 Å². The van der Waals surface area contributed by atoms with Gasteiger partial charge in [-0.15, -0.1) is 0 Å². The van der Waals surface area contributed by atoms with Gasteiger partial charge < -0.3 is 10.2 Å². The molecule has 0 atom stereocenters. The van der Waals surface area contributed by atoms with Crippen LogP contribution in [0.4, 0.5) is 5.69 Å². The number of aromatic nitrogens is 1. The minimum absolute atomic E-state index is 0.861. The summed E-state index contributed by atoms with van der Waals surface area (Å²) in [5.74, 6) is 0. The first kappa shape index (κ1) is 16.0. The van der Waals surface area contributed by atoms with Crippen LogP contribution in [-0.2, 0) is 6.54 Å². The van der Waals surface area contributed by atoms with E-state index in [1.165, 1.54) is 31.4 Å². The molecule has 0 spiro atoms. The Labute approximate surface area is 118 Å². The third-order valence-corrected chi connectivity index (χ3v) is 3.28. The number of hydrogen-bond acceptors (Lipinski definition) is 3. The summed E-state index contributed by atoms with van der Waals surface area (Å²) >= 11 is 0. The van der Waals surface area contributed by atoms with Gasteiger partial charge in [-0.05, 0) is 31.5 Å². The summed E-state index contributed by atoms with van der Waals surface area (Å²) in [4.78, 5) is 6.93. The number of nitrogens with one attached hydrogen (secondary N) is 1. The summed E-state index contributed by atoms with van der Waals surface area (Å²) in [6, 6.07) is 4.37. The first-order valence-electron chi connectivity index (χ1n) is 7.72. The molecular formula is C16H29N3. The highest BCUT2D eigenvalue weighted by atomic mass is 15.1. The van der Waals surface area contributed by atoms with E-state index >= 15 is 0 Å². The van der Waals surface area contributed by atoms with Crippen molar-refractivity contribution in [3.05, 3.63) is 24.0 Å². The van der Waals surface area contributed by atoms with Gasteiger partial charge in [0.05, 0.1) is 5.69 Å². The van der Waals surface area contributed by atoms with Gasteiger partial charge in [0, 0.05) is 31.5 Å². The number of unbranched alkanes of at least 4 members (excludes halogenated alkanes) is 2. The van der Waals surface area contributed by atoms with E-state index in [0.29, 0.717) is 0 Å². The number of anilines is 1. The van der Waals surface area contributed by atoms with Crippen LogP contribution in [0.25, 0.3) is 0 Å². The molecule has 3 heteroatoms. The van der Waals surface area contributed by atoms with Crippen molar-refractivity contribution < 1.29 is 0 Å². The predicted octanol–water partition coefficient (Wildman–Crippen LogP) is 3.60. The van der Waals surface area contributed by atoms with Crippen molar-refractivity contribution in [3.63, 3.8) is 0 Å². The van der Waals surface area contributed by atoms with Crippen LogP contribution in [0.3, 0.4) is 0 Å². The van der Waals surface area contributed by atoms with Crippen molar-refractivity contribution in [3.8, 4) is 0 Å². The highest BCUT2D eigenvalue weighted by Gasteiger charge is 2.06. The van der Waals surface area contributed by atoms with E-state index < -0.39 is 0 Å². The van der Waals surface area contributed by atoms with Crippen molar-refractivity contribution in [1.29, 1.82) is 0 Å². The molecule has 1 N–H and O–H groups in total. The highest BCUT2D eigenvalue weighted by Crippen LogP contribution is 2.16. The third kappa shape index (κ3) is 6.06. The van der Waals surface area contributed by atoms with Crippen molar-refractivity contribution in [2.45, 2.75) is 53.0 Å². The molecule has 0 saturated carbocycles. The smallest absolute Gasteiger partial charge is 0.0562 e. The Kier molecular flexibility index (Phi) is 8.23.